The van der Waals surface area contributed by atoms with E-state index in [1.54, 1.807) is 18.4 Å². The van der Waals surface area contributed by atoms with Crippen molar-refractivity contribution >= 4 is 41.3 Å². The number of ether oxygens (including phenoxy) is 1. The quantitative estimate of drug-likeness (QED) is 0.237. The Balaban J connectivity index is 0.00000392. The van der Waals surface area contributed by atoms with Crippen LogP contribution in [0.4, 0.5) is 13.2 Å². The second kappa shape index (κ2) is 12.0. The van der Waals surface area contributed by atoms with Gasteiger partial charge in [0.1, 0.15) is 12.2 Å². The number of rotatable bonds is 8. The summed E-state index contributed by atoms with van der Waals surface area (Å²) in [5, 5.41) is 7.17. The number of nitrogens with zero attached hydrogens (tertiary/aromatic N) is 3. The molecule has 0 bridgehead atoms. The zero-order valence-electron chi connectivity index (χ0n) is 15.5. The van der Waals surface area contributed by atoms with Crippen LogP contribution in [0.3, 0.4) is 0 Å². The highest BCUT2D eigenvalue weighted by Crippen LogP contribution is 2.34. The minimum atomic E-state index is -4.50. The minimum Gasteiger partial charge on any atom is -0.475 e. The van der Waals surface area contributed by atoms with Gasteiger partial charge in [-0.2, -0.15) is 13.2 Å². The number of nitrogens with one attached hydrogen (secondary N) is 2. The van der Waals surface area contributed by atoms with Gasteiger partial charge in [-0.15, -0.1) is 35.3 Å². The second-order valence-electron chi connectivity index (χ2n) is 5.45. The van der Waals surface area contributed by atoms with Crippen molar-refractivity contribution in [2.45, 2.75) is 25.9 Å². The number of alkyl halides is 3. The van der Waals surface area contributed by atoms with Crippen molar-refractivity contribution in [2.24, 2.45) is 4.99 Å². The molecule has 2 rings (SSSR count). The van der Waals surface area contributed by atoms with Crippen molar-refractivity contribution in [2.75, 3.05) is 26.7 Å². The number of halogens is 4. The summed E-state index contributed by atoms with van der Waals surface area (Å²) < 4.78 is 43.8. The number of pyridine rings is 1. The molecule has 0 fully saturated rings. The number of aromatic nitrogens is 2. The van der Waals surface area contributed by atoms with Gasteiger partial charge in [0, 0.05) is 37.3 Å². The van der Waals surface area contributed by atoms with Crippen molar-refractivity contribution in [3.05, 3.63) is 40.0 Å². The van der Waals surface area contributed by atoms with Crippen LogP contribution >= 0.6 is 35.3 Å². The van der Waals surface area contributed by atoms with E-state index in [1.165, 1.54) is 17.1 Å². The molecular weight excluding hydrogens is 506 g/mol. The van der Waals surface area contributed by atoms with Crippen molar-refractivity contribution in [3.63, 3.8) is 0 Å². The highest BCUT2D eigenvalue weighted by Gasteiger charge is 2.34. The summed E-state index contributed by atoms with van der Waals surface area (Å²) in [6.07, 6.45) is 0.395. The molecule has 6 nitrogen and oxygen atoms in total. The van der Waals surface area contributed by atoms with E-state index in [9.17, 15) is 13.2 Å². The molecule has 0 saturated heterocycles. The van der Waals surface area contributed by atoms with Gasteiger partial charge in [0.15, 0.2) is 5.96 Å². The van der Waals surface area contributed by atoms with Crippen molar-refractivity contribution in [1.82, 2.24) is 20.6 Å². The van der Waals surface area contributed by atoms with Gasteiger partial charge in [-0.1, -0.05) is 6.92 Å². The Hall–Kier alpha value is -1.63. The maximum Gasteiger partial charge on any atom is 0.421 e. The number of hydrogen-bond donors (Lipinski definition) is 2. The summed E-state index contributed by atoms with van der Waals surface area (Å²) in [6, 6.07) is 2.17. The van der Waals surface area contributed by atoms with Crippen LogP contribution in [0, 0.1) is 0 Å². The first kappa shape index (κ1) is 24.4. The summed E-state index contributed by atoms with van der Waals surface area (Å²) in [5.74, 6) is 0.119. The second-order valence-corrected chi connectivity index (χ2v) is 6.65. The van der Waals surface area contributed by atoms with E-state index in [-0.39, 0.29) is 37.1 Å². The first-order valence-electron chi connectivity index (χ1n) is 8.47. The number of thiazole rings is 1. The molecule has 0 radical (unpaired) electrons. The van der Waals surface area contributed by atoms with E-state index in [0.29, 0.717) is 12.5 Å². The number of aliphatic imine (C=N–C) groups is 1. The van der Waals surface area contributed by atoms with Crippen molar-refractivity contribution in [1.29, 1.82) is 0 Å². The molecule has 0 spiro atoms. The molecule has 2 aromatic heterocycles. The average molecular weight is 529 g/mol. The van der Waals surface area contributed by atoms with E-state index >= 15 is 0 Å². The van der Waals surface area contributed by atoms with Crippen LogP contribution < -0.4 is 15.4 Å². The SMILES string of the molecule is CCc1cnc(CCNC(=NC)NCCOc2ncccc2C(F)(F)F)s1.I. The first-order chi connectivity index (χ1) is 12.9. The van der Waals surface area contributed by atoms with Gasteiger partial charge in [0.25, 0.3) is 0 Å². The number of guanidine groups is 1. The average Bonchev–Trinajstić information content (AvgIpc) is 3.11. The van der Waals surface area contributed by atoms with Gasteiger partial charge in [-0.25, -0.2) is 9.97 Å². The molecule has 156 valence electrons. The molecule has 2 heterocycles. The number of aryl methyl sites for hydroxylation is 1. The van der Waals surface area contributed by atoms with Crippen LogP contribution in [0.5, 0.6) is 5.88 Å². The predicted molar refractivity (Wildman–Crippen MR) is 115 cm³/mol. The fourth-order valence-electron chi connectivity index (χ4n) is 2.17. The Morgan fingerprint density at radius 1 is 1.25 bits per heavy atom. The Labute approximate surface area is 183 Å². The lowest BCUT2D eigenvalue weighted by Gasteiger charge is -2.14. The highest BCUT2D eigenvalue weighted by atomic mass is 127. The van der Waals surface area contributed by atoms with Gasteiger partial charge in [-0.3, -0.25) is 4.99 Å². The lowest BCUT2D eigenvalue weighted by atomic mass is 10.2. The molecule has 0 aliphatic rings. The Morgan fingerprint density at radius 2 is 2.00 bits per heavy atom. The van der Waals surface area contributed by atoms with Crippen LogP contribution in [0.25, 0.3) is 0 Å². The molecule has 28 heavy (non-hydrogen) atoms. The number of hydrogen-bond acceptors (Lipinski definition) is 5. The van der Waals surface area contributed by atoms with Gasteiger partial charge in [0.2, 0.25) is 5.88 Å². The van der Waals surface area contributed by atoms with Gasteiger partial charge < -0.3 is 15.4 Å². The summed E-state index contributed by atoms with van der Waals surface area (Å²) in [6.45, 7) is 3.04. The monoisotopic (exact) mass is 529 g/mol. The van der Waals surface area contributed by atoms with Gasteiger partial charge >= 0.3 is 6.18 Å². The zero-order valence-corrected chi connectivity index (χ0v) is 18.7. The molecule has 0 amide bonds. The van der Waals surface area contributed by atoms with E-state index in [4.69, 9.17) is 4.74 Å². The summed E-state index contributed by atoms with van der Waals surface area (Å²) in [4.78, 5) is 13.3. The zero-order chi connectivity index (χ0) is 19.7. The largest absolute Gasteiger partial charge is 0.475 e. The van der Waals surface area contributed by atoms with E-state index in [2.05, 4.69) is 32.5 Å². The van der Waals surface area contributed by atoms with Crippen molar-refractivity contribution < 1.29 is 17.9 Å². The maximum atomic E-state index is 12.9. The maximum absolute atomic E-state index is 12.9. The molecule has 2 aromatic rings. The van der Waals surface area contributed by atoms with Crippen LogP contribution in [0.1, 0.15) is 22.4 Å². The summed E-state index contributed by atoms with van der Waals surface area (Å²) in [7, 11) is 1.62. The standard InChI is InChI=1S/C17H22F3N5OS.HI/c1-3-12-11-25-14(27-12)6-8-23-16(21-2)24-9-10-26-15-13(17(18,19)20)5-4-7-22-15;/h4-5,7,11H,3,6,8-10H2,1-2H3,(H2,21,23,24);1H. The Kier molecular flexibility index (Phi) is 10.5. The topological polar surface area (TPSA) is 71.4 Å². The minimum absolute atomic E-state index is 0. The summed E-state index contributed by atoms with van der Waals surface area (Å²) >= 11 is 1.68. The van der Waals surface area contributed by atoms with Crippen LogP contribution in [-0.4, -0.2) is 42.7 Å². The van der Waals surface area contributed by atoms with Crippen LogP contribution in [0.15, 0.2) is 29.5 Å². The molecule has 11 heteroatoms. The molecule has 0 aliphatic heterocycles. The van der Waals surface area contributed by atoms with E-state index in [1.807, 2.05) is 6.20 Å². The van der Waals surface area contributed by atoms with Gasteiger partial charge in [-0.05, 0) is 18.6 Å². The fourth-order valence-corrected chi connectivity index (χ4v) is 3.04. The predicted octanol–water partition coefficient (Wildman–Crippen LogP) is 3.52. The third-order valence-corrected chi connectivity index (χ3v) is 4.72. The Bertz CT molecular complexity index is 754. The fraction of sp³-hybridized carbons (Fsp3) is 0.471. The molecule has 0 atom stereocenters. The molecule has 0 aliphatic carbocycles. The van der Waals surface area contributed by atoms with Gasteiger partial charge in [0.05, 0.1) is 11.6 Å². The molecule has 0 aromatic carbocycles. The first-order valence-corrected chi connectivity index (χ1v) is 9.28. The van der Waals surface area contributed by atoms with Crippen LogP contribution in [0.2, 0.25) is 0 Å². The molecule has 0 saturated carbocycles. The Morgan fingerprint density at radius 3 is 2.64 bits per heavy atom. The molecular formula is C17H23F3IN5OS. The van der Waals surface area contributed by atoms with E-state index < -0.39 is 17.6 Å². The van der Waals surface area contributed by atoms with Crippen molar-refractivity contribution in [3.8, 4) is 5.88 Å². The summed E-state index contributed by atoms with van der Waals surface area (Å²) in [5.41, 5.74) is -0.887. The van der Waals surface area contributed by atoms with Crippen LogP contribution in [-0.2, 0) is 19.0 Å². The third-order valence-electron chi connectivity index (χ3n) is 3.51. The highest BCUT2D eigenvalue weighted by molar-refractivity contribution is 14.0. The lowest BCUT2D eigenvalue weighted by Crippen LogP contribution is -2.40. The molecule has 0 unspecified atom stereocenters. The van der Waals surface area contributed by atoms with E-state index in [0.717, 1.165) is 23.9 Å². The third kappa shape index (κ3) is 7.78. The lowest BCUT2D eigenvalue weighted by molar-refractivity contribution is -0.139. The molecule has 2 N–H and O–H groups in total. The normalized spacial score (nSPS) is 11.7. The smallest absolute Gasteiger partial charge is 0.421 e.